The zero-order valence-electron chi connectivity index (χ0n) is 8.91. The maximum absolute atomic E-state index is 13.1. The number of aromatic nitrogens is 3. The van der Waals surface area contributed by atoms with Crippen LogP contribution in [0.15, 0.2) is 28.9 Å². The molecule has 0 atom stereocenters. The van der Waals surface area contributed by atoms with Gasteiger partial charge in [0.05, 0.1) is 12.2 Å². The van der Waals surface area contributed by atoms with E-state index in [0.29, 0.717) is 6.54 Å². The summed E-state index contributed by atoms with van der Waals surface area (Å²) in [7, 11) is 0. The van der Waals surface area contributed by atoms with Crippen molar-refractivity contribution in [1.29, 1.82) is 0 Å². The molecule has 0 spiro atoms. The van der Waals surface area contributed by atoms with Crippen molar-refractivity contribution in [2.24, 2.45) is 0 Å². The van der Waals surface area contributed by atoms with Crippen LogP contribution in [-0.4, -0.2) is 20.3 Å². The Balaban J connectivity index is 2.16. The predicted molar refractivity (Wildman–Crippen MR) is 70.7 cm³/mol. The molecule has 2 rings (SSSR count). The molecule has 1 heterocycles. The molecule has 0 aliphatic rings. The lowest BCUT2D eigenvalue weighted by Crippen LogP contribution is -2.01. The van der Waals surface area contributed by atoms with Gasteiger partial charge in [0.1, 0.15) is 5.82 Å². The summed E-state index contributed by atoms with van der Waals surface area (Å²) in [6, 6.07) is 4.61. The summed E-state index contributed by atoms with van der Waals surface area (Å²) in [5, 5.41) is 8.89. The minimum Gasteiger partial charge on any atom is -0.248 e. The average molecular weight is 363 g/mol. The van der Waals surface area contributed by atoms with E-state index in [2.05, 4.69) is 42.2 Å². The summed E-state index contributed by atoms with van der Waals surface area (Å²) >= 11 is 6.74. The number of nitrogens with zero attached hydrogens (tertiary/aromatic N) is 3. The van der Waals surface area contributed by atoms with Gasteiger partial charge in [-0.15, -0.1) is 5.10 Å². The summed E-state index contributed by atoms with van der Waals surface area (Å²) < 4.78 is 15.7. The molecule has 0 aliphatic carbocycles. The Kier molecular flexibility index (Phi) is 4.28. The molecule has 0 unspecified atom stereocenters. The summed E-state index contributed by atoms with van der Waals surface area (Å²) in [5.41, 5.74) is 1.77. The van der Waals surface area contributed by atoms with E-state index >= 15 is 0 Å². The smallest absolute Gasteiger partial charge is 0.123 e. The van der Waals surface area contributed by atoms with E-state index in [4.69, 9.17) is 0 Å². The van der Waals surface area contributed by atoms with Gasteiger partial charge < -0.3 is 0 Å². The van der Waals surface area contributed by atoms with Crippen LogP contribution in [0, 0.1) is 5.82 Å². The summed E-state index contributed by atoms with van der Waals surface area (Å²) in [4.78, 5) is 0. The lowest BCUT2D eigenvalue weighted by Gasteiger charge is -2.03. The fraction of sp³-hybridized carbons (Fsp3) is 0.273. The second-order valence-corrected chi connectivity index (χ2v) is 5.23. The van der Waals surface area contributed by atoms with Gasteiger partial charge in [0.25, 0.3) is 0 Å². The third-order valence-corrected chi connectivity index (χ3v) is 3.45. The Hall–Kier alpha value is -0.750. The van der Waals surface area contributed by atoms with Crippen LogP contribution in [0.3, 0.4) is 0 Å². The van der Waals surface area contributed by atoms with Crippen molar-refractivity contribution in [3.05, 3.63) is 45.9 Å². The molecule has 3 nitrogen and oxygen atoms in total. The van der Waals surface area contributed by atoms with Crippen LogP contribution in [-0.2, 0) is 13.0 Å². The molecule has 1 aromatic heterocycles. The number of benzene rings is 1. The Morgan fingerprint density at radius 3 is 2.94 bits per heavy atom. The molecule has 0 amide bonds. The topological polar surface area (TPSA) is 30.7 Å². The molecule has 17 heavy (non-hydrogen) atoms. The fourth-order valence-electron chi connectivity index (χ4n) is 1.47. The van der Waals surface area contributed by atoms with E-state index in [1.165, 1.54) is 12.1 Å². The van der Waals surface area contributed by atoms with Crippen molar-refractivity contribution in [3.63, 3.8) is 0 Å². The molecule has 2 aromatic rings. The molecule has 0 fully saturated rings. The van der Waals surface area contributed by atoms with E-state index in [1.807, 2.05) is 6.20 Å². The van der Waals surface area contributed by atoms with E-state index < -0.39 is 0 Å². The highest BCUT2D eigenvalue weighted by Gasteiger charge is 2.05. The highest BCUT2D eigenvalue weighted by atomic mass is 79.9. The third kappa shape index (κ3) is 3.35. The molecule has 0 bridgehead atoms. The zero-order valence-corrected chi connectivity index (χ0v) is 12.1. The largest absolute Gasteiger partial charge is 0.248 e. The molecule has 0 N–H and O–H groups in total. The quantitative estimate of drug-likeness (QED) is 0.782. The number of aryl methyl sites for hydroxylation is 1. The van der Waals surface area contributed by atoms with Crippen molar-refractivity contribution >= 4 is 31.9 Å². The lowest BCUT2D eigenvalue weighted by molar-refractivity contribution is 0.613. The van der Waals surface area contributed by atoms with Crippen molar-refractivity contribution in [1.82, 2.24) is 15.0 Å². The van der Waals surface area contributed by atoms with Crippen LogP contribution < -0.4 is 0 Å². The fourth-order valence-corrected chi connectivity index (χ4v) is 2.24. The SMILES string of the molecule is Fc1ccc(Br)c(Cn2cc(CCBr)nn2)c1. The number of hydrogen-bond donors (Lipinski definition) is 0. The molecule has 6 heteroatoms. The predicted octanol–water partition coefficient (Wildman–Crippen LogP) is 3.17. The van der Waals surface area contributed by atoms with E-state index in [9.17, 15) is 4.39 Å². The van der Waals surface area contributed by atoms with Crippen LogP contribution in [0.4, 0.5) is 4.39 Å². The van der Waals surface area contributed by atoms with E-state index in [0.717, 1.165) is 27.5 Å². The van der Waals surface area contributed by atoms with Crippen molar-refractivity contribution in [2.75, 3.05) is 5.33 Å². The number of hydrogen-bond acceptors (Lipinski definition) is 2. The van der Waals surface area contributed by atoms with Gasteiger partial charge in [0.15, 0.2) is 0 Å². The minimum atomic E-state index is -0.246. The summed E-state index contributed by atoms with van der Waals surface area (Å²) in [6.07, 6.45) is 2.71. The summed E-state index contributed by atoms with van der Waals surface area (Å²) in [6.45, 7) is 0.508. The van der Waals surface area contributed by atoms with Crippen LogP contribution in [0.2, 0.25) is 0 Å². The van der Waals surface area contributed by atoms with Gasteiger partial charge in [-0.3, -0.25) is 0 Å². The van der Waals surface area contributed by atoms with Crippen LogP contribution >= 0.6 is 31.9 Å². The maximum Gasteiger partial charge on any atom is 0.123 e. The van der Waals surface area contributed by atoms with Gasteiger partial charge in [0.2, 0.25) is 0 Å². The number of rotatable bonds is 4. The first kappa shape index (κ1) is 12.7. The summed E-state index contributed by atoms with van der Waals surface area (Å²) in [5.74, 6) is -0.246. The van der Waals surface area contributed by atoms with Crippen LogP contribution in [0.25, 0.3) is 0 Å². The molecule has 0 saturated carbocycles. The van der Waals surface area contributed by atoms with Crippen molar-refractivity contribution in [2.45, 2.75) is 13.0 Å². The van der Waals surface area contributed by atoms with Gasteiger partial charge in [0, 0.05) is 22.4 Å². The molecule has 90 valence electrons. The van der Waals surface area contributed by atoms with E-state index in [-0.39, 0.29) is 5.82 Å². The lowest BCUT2D eigenvalue weighted by atomic mass is 10.2. The number of alkyl halides is 1. The van der Waals surface area contributed by atoms with Gasteiger partial charge in [-0.2, -0.15) is 0 Å². The average Bonchev–Trinajstić information content (AvgIpc) is 2.72. The molecule has 0 saturated heterocycles. The first-order chi connectivity index (χ1) is 8.19. The highest BCUT2D eigenvalue weighted by molar-refractivity contribution is 9.10. The Morgan fingerprint density at radius 1 is 1.35 bits per heavy atom. The number of halogens is 3. The Bertz CT molecular complexity index is 513. The van der Waals surface area contributed by atoms with Gasteiger partial charge in [-0.1, -0.05) is 37.1 Å². The van der Waals surface area contributed by atoms with Crippen molar-refractivity contribution < 1.29 is 4.39 Å². The first-order valence-electron chi connectivity index (χ1n) is 5.08. The monoisotopic (exact) mass is 361 g/mol. The molecular formula is C11H10Br2FN3. The Labute approximate surface area is 115 Å². The van der Waals surface area contributed by atoms with Crippen LogP contribution in [0.5, 0.6) is 0 Å². The molecule has 0 radical (unpaired) electrons. The van der Waals surface area contributed by atoms with Gasteiger partial charge >= 0.3 is 0 Å². The maximum atomic E-state index is 13.1. The second-order valence-electron chi connectivity index (χ2n) is 3.58. The van der Waals surface area contributed by atoms with Gasteiger partial charge in [-0.25, -0.2) is 9.07 Å². The van der Waals surface area contributed by atoms with Gasteiger partial charge in [-0.05, 0) is 23.8 Å². The standard InChI is InChI=1S/C11H10Br2FN3/c12-4-3-10-7-17(16-15-10)6-8-5-9(14)1-2-11(8)13/h1-2,5,7H,3-4,6H2. The molecular weight excluding hydrogens is 353 g/mol. The van der Waals surface area contributed by atoms with Crippen molar-refractivity contribution in [3.8, 4) is 0 Å². The molecule has 0 aliphatic heterocycles. The first-order valence-corrected chi connectivity index (χ1v) is 6.99. The van der Waals surface area contributed by atoms with Crippen LogP contribution in [0.1, 0.15) is 11.3 Å². The zero-order chi connectivity index (χ0) is 12.3. The third-order valence-electron chi connectivity index (χ3n) is 2.28. The van der Waals surface area contributed by atoms with E-state index in [1.54, 1.807) is 10.7 Å². The minimum absolute atomic E-state index is 0.246. The second kappa shape index (κ2) is 5.73. The highest BCUT2D eigenvalue weighted by Crippen LogP contribution is 2.18. The Morgan fingerprint density at radius 2 is 2.18 bits per heavy atom. The normalized spacial score (nSPS) is 10.8. The molecule has 1 aromatic carbocycles.